The van der Waals surface area contributed by atoms with Crippen molar-refractivity contribution < 1.29 is 28.2 Å². The number of anilines is 2. The van der Waals surface area contributed by atoms with E-state index in [4.69, 9.17) is 0 Å². The molecule has 1 aliphatic rings. The zero-order chi connectivity index (χ0) is 27.1. The van der Waals surface area contributed by atoms with Gasteiger partial charge in [0.05, 0.1) is 10.6 Å². The lowest BCUT2D eigenvalue weighted by Crippen LogP contribution is -2.48. The summed E-state index contributed by atoms with van der Waals surface area (Å²) < 4.78 is 27.0. The van der Waals surface area contributed by atoms with E-state index in [0.29, 0.717) is 24.7 Å². The van der Waals surface area contributed by atoms with Crippen molar-refractivity contribution in [1.82, 2.24) is 20.0 Å². The molecule has 1 amide bonds. The van der Waals surface area contributed by atoms with Crippen LogP contribution >= 0.6 is 0 Å². The van der Waals surface area contributed by atoms with Crippen LogP contribution < -0.4 is 20.3 Å². The molecule has 1 saturated heterocycles. The maximum Gasteiger partial charge on any atom is 0.323 e. The Kier molecular flexibility index (Phi) is 8.38. The smallest absolute Gasteiger partial charge is 0.323 e. The number of rotatable bonds is 10. The fourth-order valence-corrected chi connectivity index (χ4v) is 5.29. The minimum absolute atomic E-state index is 0.0879. The summed E-state index contributed by atoms with van der Waals surface area (Å²) in [6.07, 6.45) is 4.95. The van der Waals surface area contributed by atoms with Crippen molar-refractivity contribution >= 4 is 33.5 Å². The number of hydrogen-bond acceptors (Lipinski definition) is 9. The molecule has 0 spiro atoms. The minimum atomic E-state index is -4.10. The molecule has 1 aromatic heterocycles. The Balaban J connectivity index is 1.33. The van der Waals surface area contributed by atoms with E-state index in [1.54, 1.807) is 30.6 Å². The number of sulfonamides is 1. The molecule has 2 aromatic carbocycles. The normalized spacial score (nSPS) is 15.0. The van der Waals surface area contributed by atoms with Crippen LogP contribution in [0.15, 0.2) is 71.9 Å². The number of piperidine rings is 1. The van der Waals surface area contributed by atoms with Crippen LogP contribution in [0.5, 0.6) is 5.75 Å². The van der Waals surface area contributed by atoms with Crippen LogP contribution in [-0.2, 0) is 14.8 Å². The van der Waals surface area contributed by atoms with Crippen LogP contribution in [-0.4, -0.2) is 72.2 Å². The van der Waals surface area contributed by atoms with Gasteiger partial charge in [-0.3, -0.25) is 9.59 Å². The van der Waals surface area contributed by atoms with Crippen molar-refractivity contribution in [2.75, 3.05) is 29.9 Å². The number of carboxylic acids is 1. The third-order valence-electron chi connectivity index (χ3n) is 6.09. The Morgan fingerprint density at radius 2 is 1.71 bits per heavy atom. The highest BCUT2D eigenvalue weighted by molar-refractivity contribution is 7.89. The molecule has 0 bridgehead atoms. The van der Waals surface area contributed by atoms with Crippen molar-refractivity contribution in [2.24, 2.45) is 0 Å². The van der Waals surface area contributed by atoms with Crippen molar-refractivity contribution in [3.8, 4) is 5.75 Å². The summed E-state index contributed by atoms with van der Waals surface area (Å²) in [4.78, 5) is 34.5. The number of nitrogens with zero attached hydrogens (tertiary/aromatic N) is 3. The summed E-state index contributed by atoms with van der Waals surface area (Å²) in [5, 5.41) is 25.8. The topological polar surface area (TPSA) is 174 Å². The zero-order valence-corrected chi connectivity index (χ0v) is 21.1. The number of aromatic hydroxyl groups is 1. The molecule has 0 unspecified atom stereocenters. The van der Waals surface area contributed by atoms with Gasteiger partial charge in [0.15, 0.2) is 0 Å². The standard InChI is InChI=1S/C25H28N6O6S/c32-22-15-17(7-8-21(22)31-13-9-18(10-14-31)29-25-26-11-4-12-27-25)23(33)28-16-20(24(34)35)30-38(36,37)19-5-2-1-3-6-19/h1-8,11-12,15,18,20,30,32H,9-10,13-14,16H2,(H,28,33)(H,34,35)(H,26,27,29)/t20-/m0/s1. The summed E-state index contributed by atoms with van der Waals surface area (Å²) in [5.74, 6) is -1.61. The molecule has 12 nitrogen and oxygen atoms in total. The first kappa shape index (κ1) is 26.8. The molecule has 0 aliphatic carbocycles. The molecule has 5 N–H and O–H groups in total. The third-order valence-corrected chi connectivity index (χ3v) is 7.58. The number of aliphatic carboxylic acids is 1. The lowest BCUT2D eigenvalue weighted by molar-refractivity contribution is -0.138. The second-order valence-electron chi connectivity index (χ2n) is 8.72. The maximum absolute atomic E-state index is 12.6. The van der Waals surface area contributed by atoms with Gasteiger partial charge in [-0.15, -0.1) is 0 Å². The summed E-state index contributed by atoms with van der Waals surface area (Å²) >= 11 is 0. The molecule has 38 heavy (non-hydrogen) atoms. The molecule has 0 radical (unpaired) electrons. The SMILES string of the molecule is O=C(NC[C@H](NS(=O)(=O)c1ccccc1)C(=O)O)c1ccc(N2CCC(Nc3ncccn3)CC2)c(O)c1. The molecular weight excluding hydrogens is 512 g/mol. The van der Waals surface area contributed by atoms with Crippen molar-refractivity contribution in [3.63, 3.8) is 0 Å². The quantitative estimate of drug-likeness (QED) is 0.253. The second-order valence-corrected chi connectivity index (χ2v) is 10.4. The number of carbonyl (C=O) groups excluding carboxylic acids is 1. The molecule has 0 saturated carbocycles. The van der Waals surface area contributed by atoms with Gasteiger partial charge < -0.3 is 25.7 Å². The van der Waals surface area contributed by atoms with E-state index < -0.39 is 34.5 Å². The van der Waals surface area contributed by atoms with Crippen molar-refractivity contribution in [3.05, 3.63) is 72.6 Å². The summed E-state index contributed by atoms with van der Waals surface area (Å²) in [7, 11) is -4.10. The van der Waals surface area contributed by atoms with Crippen molar-refractivity contribution in [2.45, 2.75) is 29.8 Å². The van der Waals surface area contributed by atoms with Crippen LogP contribution in [0.2, 0.25) is 0 Å². The van der Waals surface area contributed by atoms with Gasteiger partial charge in [-0.25, -0.2) is 18.4 Å². The van der Waals surface area contributed by atoms with E-state index in [1.807, 2.05) is 4.90 Å². The Morgan fingerprint density at radius 3 is 2.34 bits per heavy atom. The van der Waals surface area contributed by atoms with E-state index in [-0.39, 0.29) is 22.3 Å². The number of carboxylic acid groups (broad SMARTS) is 1. The lowest BCUT2D eigenvalue weighted by Gasteiger charge is -2.34. The lowest BCUT2D eigenvalue weighted by atomic mass is 10.0. The van der Waals surface area contributed by atoms with E-state index >= 15 is 0 Å². The average molecular weight is 541 g/mol. The van der Waals surface area contributed by atoms with Gasteiger partial charge in [0.25, 0.3) is 5.91 Å². The van der Waals surface area contributed by atoms with E-state index in [2.05, 4.69) is 25.3 Å². The number of phenolic OH excluding ortho intramolecular Hbond substituents is 1. The predicted octanol–water partition coefficient (Wildman–Crippen LogP) is 1.42. The molecule has 2 heterocycles. The number of carbonyl (C=O) groups is 2. The fraction of sp³-hybridized carbons (Fsp3) is 0.280. The Labute approximate surface area is 219 Å². The highest BCUT2D eigenvalue weighted by Gasteiger charge is 2.26. The highest BCUT2D eigenvalue weighted by atomic mass is 32.2. The van der Waals surface area contributed by atoms with Crippen LogP contribution in [0.4, 0.5) is 11.6 Å². The number of phenols is 1. The molecule has 3 aromatic rings. The van der Waals surface area contributed by atoms with Gasteiger partial charge in [-0.1, -0.05) is 18.2 Å². The Hall–Kier alpha value is -4.23. The monoisotopic (exact) mass is 540 g/mol. The molecule has 200 valence electrons. The zero-order valence-electron chi connectivity index (χ0n) is 20.3. The van der Waals surface area contributed by atoms with E-state index in [9.17, 15) is 28.2 Å². The Morgan fingerprint density at radius 1 is 1.03 bits per heavy atom. The summed E-state index contributed by atoms with van der Waals surface area (Å²) in [6, 6.07) is 12.1. The first-order valence-corrected chi connectivity index (χ1v) is 13.4. The van der Waals surface area contributed by atoms with Gasteiger partial charge in [-0.05, 0) is 49.2 Å². The summed E-state index contributed by atoms with van der Waals surface area (Å²) in [5.41, 5.74) is 0.689. The molecule has 1 fully saturated rings. The fourth-order valence-electron chi connectivity index (χ4n) is 4.08. The largest absolute Gasteiger partial charge is 0.506 e. The van der Waals surface area contributed by atoms with Gasteiger partial charge in [0, 0.05) is 43.6 Å². The van der Waals surface area contributed by atoms with Crippen LogP contribution in [0.1, 0.15) is 23.2 Å². The average Bonchev–Trinajstić information content (AvgIpc) is 2.92. The van der Waals surface area contributed by atoms with E-state index in [1.165, 1.54) is 36.4 Å². The maximum atomic E-state index is 12.6. The van der Waals surface area contributed by atoms with Crippen LogP contribution in [0.25, 0.3) is 0 Å². The molecule has 1 aliphatic heterocycles. The van der Waals surface area contributed by atoms with Crippen LogP contribution in [0.3, 0.4) is 0 Å². The number of hydrogen-bond donors (Lipinski definition) is 5. The molecular formula is C25H28N6O6S. The highest BCUT2D eigenvalue weighted by Crippen LogP contribution is 2.31. The number of amides is 1. The molecule has 13 heteroatoms. The third kappa shape index (κ3) is 6.75. The predicted molar refractivity (Wildman–Crippen MR) is 140 cm³/mol. The van der Waals surface area contributed by atoms with Gasteiger partial charge in [0.1, 0.15) is 11.8 Å². The van der Waals surface area contributed by atoms with Crippen LogP contribution in [0, 0.1) is 0 Å². The molecule has 1 atom stereocenters. The number of benzene rings is 2. The minimum Gasteiger partial charge on any atom is -0.506 e. The van der Waals surface area contributed by atoms with Crippen molar-refractivity contribution in [1.29, 1.82) is 0 Å². The first-order chi connectivity index (χ1) is 18.2. The van der Waals surface area contributed by atoms with E-state index in [0.717, 1.165) is 12.8 Å². The second kappa shape index (κ2) is 11.9. The van der Waals surface area contributed by atoms with Gasteiger partial charge >= 0.3 is 5.97 Å². The number of nitrogens with one attached hydrogen (secondary N) is 3. The van der Waals surface area contributed by atoms with Gasteiger partial charge in [-0.2, -0.15) is 4.72 Å². The Bertz CT molecular complexity index is 1370. The first-order valence-electron chi connectivity index (χ1n) is 11.9. The molecule has 4 rings (SSSR count). The van der Waals surface area contributed by atoms with Gasteiger partial charge in [0.2, 0.25) is 16.0 Å². The summed E-state index contributed by atoms with van der Waals surface area (Å²) in [6.45, 7) is 0.852. The number of aromatic nitrogens is 2.